The van der Waals surface area contributed by atoms with Crippen molar-refractivity contribution < 1.29 is 4.73 Å². The Bertz CT molecular complexity index is 743. The lowest BCUT2D eigenvalue weighted by Crippen LogP contribution is -2.28. The summed E-state index contributed by atoms with van der Waals surface area (Å²) in [7, 11) is 0. The van der Waals surface area contributed by atoms with Gasteiger partial charge in [0.1, 0.15) is 11.0 Å². The van der Waals surface area contributed by atoms with Gasteiger partial charge >= 0.3 is 0 Å². The second-order valence-corrected chi connectivity index (χ2v) is 4.46. The van der Waals surface area contributed by atoms with Crippen LogP contribution in [0.1, 0.15) is 0 Å². The maximum Gasteiger partial charge on any atom is 0.244 e. The van der Waals surface area contributed by atoms with Gasteiger partial charge in [-0.05, 0) is 12.1 Å². The highest BCUT2D eigenvalue weighted by Crippen LogP contribution is 2.26. The van der Waals surface area contributed by atoms with Gasteiger partial charge in [0.05, 0.1) is 10.0 Å². The Morgan fingerprint density at radius 2 is 1.65 bits per heavy atom. The van der Waals surface area contributed by atoms with E-state index in [1.54, 1.807) is 24.3 Å². The average molecular weight is 265 g/mol. The average Bonchev–Trinajstić information content (AvgIpc) is 2.32. The monoisotopic (exact) mass is 264 g/mol. The van der Waals surface area contributed by atoms with Gasteiger partial charge in [-0.15, -0.1) is 0 Å². The van der Waals surface area contributed by atoms with Crippen LogP contribution in [0.15, 0.2) is 36.4 Å². The van der Waals surface area contributed by atoms with Crippen LogP contribution in [-0.2, 0) is 0 Å². The quantitative estimate of drug-likeness (QED) is 0.355. The van der Waals surface area contributed by atoms with Crippen LogP contribution in [0.3, 0.4) is 0 Å². The van der Waals surface area contributed by atoms with E-state index in [9.17, 15) is 5.21 Å². The van der Waals surface area contributed by atoms with E-state index in [-0.39, 0.29) is 0 Å². The van der Waals surface area contributed by atoms with Gasteiger partial charge in [0, 0.05) is 12.1 Å². The minimum absolute atomic E-state index is 0.348. The standard InChI is InChI=1S/C12H6Cl2N2O/c13-7-5-10-12(6-8(7)14)16(17)11-4-2-1-3-9(11)15-10/h1-6H. The molecule has 1 heterocycles. The molecule has 3 aromatic rings. The third-order valence-electron chi connectivity index (χ3n) is 2.58. The molecule has 5 heteroatoms. The largest absolute Gasteiger partial charge is 0.618 e. The number of halogens is 2. The normalized spacial score (nSPS) is 11.2. The summed E-state index contributed by atoms with van der Waals surface area (Å²) in [6.07, 6.45) is 0. The second kappa shape index (κ2) is 3.72. The first-order valence-corrected chi connectivity index (χ1v) is 5.69. The Morgan fingerprint density at radius 1 is 0.941 bits per heavy atom. The van der Waals surface area contributed by atoms with Crippen molar-refractivity contribution in [2.24, 2.45) is 0 Å². The molecular formula is C12H6Cl2N2O. The molecule has 0 atom stereocenters. The van der Waals surface area contributed by atoms with Gasteiger partial charge in [-0.25, -0.2) is 4.98 Å². The molecule has 0 N–H and O–H groups in total. The molecule has 0 aliphatic carbocycles. The number of fused-ring (bicyclic) bond motifs is 2. The highest BCUT2D eigenvalue weighted by Gasteiger charge is 2.13. The third kappa shape index (κ3) is 1.59. The Balaban J connectivity index is 2.55. The van der Waals surface area contributed by atoms with Crippen LogP contribution in [0, 0.1) is 5.21 Å². The SMILES string of the molecule is [O-][n+]1c2ccccc2nc2cc(Cl)c(Cl)cc21. The first-order chi connectivity index (χ1) is 8.16. The molecule has 3 nitrogen and oxygen atoms in total. The zero-order valence-corrected chi connectivity index (χ0v) is 10.0. The van der Waals surface area contributed by atoms with E-state index in [2.05, 4.69) is 4.98 Å². The van der Waals surface area contributed by atoms with Gasteiger partial charge in [0.25, 0.3) is 0 Å². The topological polar surface area (TPSA) is 39.8 Å². The van der Waals surface area contributed by atoms with E-state index in [1.165, 1.54) is 6.07 Å². The molecule has 0 saturated carbocycles. The second-order valence-electron chi connectivity index (χ2n) is 3.65. The fraction of sp³-hybridized carbons (Fsp3) is 0. The predicted molar refractivity (Wildman–Crippen MR) is 68.2 cm³/mol. The van der Waals surface area contributed by atoms with Gasteiger partial charge in [-0.1, -0.05) is 35.3 Å². The van der Waals surface area contributed by atoms with Gasteiger partial charge < -0.3 is 5.21 Å². The summed E-state index contributed by atoms with van der Waals surface area (Å²) in [6.45, 7) is 0. The summed E-state index contributed by atoms with van der Waals surface area (Å²) >= 11 is 11.8. The van der Waals surface area contributed by atoms with Crippen molar-refractivity contribution in [1.82, 2.24) is 4.98 Å². The number of benzene rings is 2. The molecule has 0 aliphatic heterocycles. The van der Waals surface area contributed by atoms with E-state index < -0.39 is 0 Å². The third-order valence-corrected chi connectivity index (χ3v) is 3.30. The predicted octanol–water partition coefficient (Wildman–Crippen LogP) is 3.33. The fourth-order valence-electron chi connectivity index (χ4n) is 1.77. The first kappa shape index (κ1) is 10.6. The highest BCUT2D eigenvalue weighted by atomic mass is 35.5. The molecule has 0 aliphatic rings. The molecule has 3 rings (SSSR count). The van der Waals surface area contributed by atoms with Gasteiger partial charge in [0.15, 0.2) is 0 Å². The van der Waals surface area contributed by atoms with Gasteiger partial charge in [-0.2, -0.15) is 4.73 Å². The van der Waals surface area contributed by atoms with Crippen molar-refractivity contribution in [3.05, 3.63) is 51.7 Å². The van der Waals surface area contributed by atoms with Crippen molar-refractivity contribution in [3.8, 4) is 0 Å². The summed E-state index contributed by atoms with van der Waals surface area (Å²) < 4.78 is 0.819. The maximum absolute atomic E-state index is 12.1. The van der Waals surface area contributed by atoms with E-state index in [0.717, 1.165) is 4.73 Å². The zero-order valence-electron chi connectivity index (χ0n) is 8.52. The summed E-state index contributed by atoms with van der Waals surface area (Å²) in [6, 6.07) is 10.3. The number of aromatic nitrogens is 2. The summed E-state index contributed by atoms with van der Waals surface area (Å²) in [5, 5.41) is 12.9. The fourth-order valence-corrected chi connectivity index (χ4v) is 2.08. The molecule has 0 radical (unpaired) electrons. The van der Waals surface area contributed by atoms with Crippen LogP contribution >= 0.6 is 23.2 Å². The molecule has 0 bridgehead atoms. The van der Waals surface area contributed by atoms with Gasteiger partial charge in [-0.3, -0.25) is 0 Å². The molecule has 17 heavy (non-hydrogen) atoms. The van der Waals surface area contributed by atoms with Crippen molar-refractivity contribution in [2.45, 2.75) is 0 Å². The van der Waals surface area contributed by atoms with Crippen LogP contribution in [0.2, 0.25) is 10.0 Å². The Labute approximate surface area is 107 Å². The Morgan fingerprint density at radius 3 is 2.47 bits per heavy atom. The Hall–Kier alpha value is -1.58. The molecular weight excluding hydrogens is 259 g/mol. The van der Waals surface area contributed by atoms with E-state index in [0.29, 0.717) is 32.1 Å². The molecule has 1 aromatic heterocycles. The molecule has 0 spiro atoms. The Kier molecular flexibility index (Phi) is 2.31. The van der Waals surface area contributed by atoms with Crippen LogP contribution in [-0.4, -0.2) is 4.98 Å². The number of hydrogen-bond acceptors (Lipinski definition) is 2. The van der Waals surface area contributed by atoms with E-state index >= 15 is 0 Å². The minimum Gasteiger partial charge on any atom is -0.618 e. The van der Waals surface area contributed by atoms with Crippen molar-refractivity contribution in [2.75, 3.05) is 0 Å². The summed E-state index contributed by atoms with van der Waals surface area (Å²) in [5.41, 5.74) is 2.10. The zero-order chi connectivity index (χ0) is 12.0. The van der Waals surface area contributed by atoms with Crippen molar-refractivity contribution >= 4 is 45.3 Å². The summed E-state index contributed by atoms with van der Waals surface area (Å²) in [4.78, 5) is 4.38. The molecule has 2 aromatic carbocycles. The minimum atomic E-state index is 0.348. The van der Waals surface area contributed by atoms with Crippen molar-refractivity contribution in [1.29, 1.82) is 0 Å². The number of nitrogens with zero attached hydrogens (tertiary/aromatic N) is 2. The first-order valence-electron chi connectivity index (χ1n) is 4.94. The molecule has 0 amide bonds. The lowest BCUT2D eigenvalue weighted by molar-refractivity contribution is -0.548. The molecule has 0 unspecified atom stereocenters. The molecule has 0 saturated heterocycles. The molecule has 84 valence electrons. The van der Waals surface area contributed by atoms with Crippen LogP contribution in [0.25, 0.3) is 22.1 Å². The lowest BCUT2D eigenvalue weighted by Gasteiger charge is -2.05. The van der Waals surface area contributed by atoms with Gasteiger partial charge in [0.2, 0.25) is 11.0 Å². The van der Waals surface area contributed by atoms with Crippen molar-refractivity contribution in [3.63, 3.8) is 0 Å². The van der Waals surface area contributed by atoms with Crippen LogP contribution in [0.5, 0.6) is 0 Å². The number of rotatable bonds is 0. The number of hydrogen-bond donors (Lipinski definition) is 0. The van der Waals surface area contributed by atoms with E-state index in [4.69, 9.17) is 23.2 Å². The van der Waals surface area contributed by atoms with E-state index in [1.807, 2.05) is 6.07 Å². The number of para-hydroxylation sites is 2. The highest BCUT2D eigenvalue weighted by molar-refractivity contribution is 6.42. The summed E-state index contributed by atoms with van der Waals surface area (Å²) in [5.74, 6) is 0. The smallest absolute Gasteiger partial charge is 0.244 e. The lowest BCUT2D eigenvalue weighted by atomic mass is 10.2. The molecule has 0 fully saturated rings. The van der Waals surface area contributed by atoms with Crippen LogP contribution < -0.4 is 4.73 Å². The maximum atomic E-state index is 12.1. The van der Waals surface area contributed by atoms with Crippen LogP contribution in [0.4, 0.5) is 0 Å².